The molecule has 0 aromatic carbocycles. The monoisotopic (exact) mass is 389 g/mol. The van der Waals surface area contributed by atoms with Crippen LogP contribution in [0.5, 0.6) is 0 Å². The van der Waals surface area contributed by atoms with Gasteiger partial charge in [-0.1, -0.05) is 20.8 Å². The Morgan fingerprint density at radius 1 is 1.04 bits per heavy atom. The molecule has 0 saturated carbocycles. The van der Waals surface area contributed by atoms with Gasteiger partial charge in [-0.15, -0.1) is 11.3 Å². The predicted molar refractivity (Wildman–Crippen MR) is 107 cm³/mol. The summed E-state index contributed by atoms with van der Waals surface area (Å²) in [5.41, 5.74) is 1.18. The molecule has 2 aromatic rings. The Hall–Kier alpha value is -1.77. The minimum atomic E-state index is -0.0124. The van der Waals surface area contributed by atoms with Gasteiger partial charge >= 0.3 is 0 Å². The molecule has 0 bridgehead atoms. The van der Waals surface area contributed by atoms with E-state index in [1.54, 1.807) is 17.7 Å². The number of hydrogen-bond donors (Lipinski definition) is 0. The van der Waals surface area contributed by atoms with Crippen LogP contribution in [0.25, 0.3) is 0 Å². The van der Waals surface area contributed by atoms with Crippen molar-refractivity contribution in [1.82, 2.24) is 15.0 Å². The van der Waals surface area contributed by atoms with E-state index in [1.807, 2.05) is 0 Å². The van der Waals surface area contributed by atoms with Gasteiger partial charge in [0.05, 0.1) is 32.1 Å². The lowest BCUT2D eigenvalue weighted by molar-refractivity contribution is 0.0392. The molecule has 7 nitrogen and oxygen atoms in total. The van der Waals surface area contributed by atoms with Gasteiger partial charge in [0.15, 0.2) is 0 Å². The first-order valence-electron chi connectivity index (χ1n) is 9.48. The summed E-state index contributed by atoms with van der Waals surface area (Å²) in [5, 5.41) is 3.20. The Morgan fingerprint density at radius 3 is 2.44 bits per heavy atom. The van der Waals surface area contributed by atoms with E-state index in [2.05, 4.69) is 52.0 Å². The van der Waals surface area contributed by atoms with E-state index in [4.69, 9.17) is 14.5 Å². The van der Waals surface area contributed by atoms with Crippen LogP contribution in [0.4, 0.5) is 11.6 Å². The Bertz CT molecular complexity index is 769. The van der Waals surface area contributed by atoms with Crippen LogP contribution < -0.4 is 9.80 Å². The maximum atomic E-state index is 6.02. The summed E-state index contributed by atoms with van der Waals surface area (Å²) in [5.74, 6) is 1.92. The van der Waals surface area contributed by atoms with Crippen molar-refractivity contribution in [3.8, 4) is 0 Å². The average molecular weight is 390 g/mol. The summed E-state index contributed by atoms with van der Waals surface area (Å²) in [6.45, 7) is 12.1. The highest BCUT2D eigenvalue weighted by Gasteiger charge is 2.27. The van der Waals surface area contributed by atoms with Crippen molar-refractivity contribution in [2.45, 2.75) is 32.3 Å². The molecule has 2 aromatic heterocycles. The fourth-order valence-corrected chi connectivity index (χ4v) is 4.35. The second-order valence-electron chi connectivity index (χ2n) is 7.96. The van der Waals surface area contributed by atoms with Crippen molar-refractivity contribution in [1.29, 1.82) is 0 Å². The number of aromatic nitrogens is 3. The normalized spacial score (nSPS) is 21.5. The molecular formula is C19H27N5O2S. The molecule has 0 N–H and O–H groups in total. The molecule has 146 valence electrons. The molecule has 2 fully saturated rings. The quantitative estimate of drug-likeness (QED) is 0.800. The summed E-state index contributed by atoms with van der Waals surface area (Å²) in [7, 11) is 0. The molecule has 0 aliphatic carbocycles. The molecule has 2 aliphatic rings. The average Bonchev–Trinajstić information content (AvgIpc) is 3.20. The molecule has 2 saturated heterocycles. The zero-order chi connectivity index (χ0) is 18.9. The van der Waals surface area contributed by atoms with Crippen LogP contribution in [0.15, 0.2) is 17.8 Å². The van der Waals surface area contributed by atoms with Crippen LogP contribution in [0, 0.1) is 0 Å². The van der Waals surface area contributed by atoms with Crippen molar-refractivity contribution >= 4 is 23.0 Å². The molecule has 1 atom stereocenters. The molecule has 8 heteroatoms. The molecule has 1 unspecified atom stereocenters. The van der Waals surface area contributed by atoms with Crippen LogP contribution in [0.2, 0.25) is 0 Å². The molecule has 4 heterocycles. The fraction of sp³-hybridized carbons (Fsp3) is 0.632. The first-order chi connectivity index (χ1) is 13.0. The first kappa shape index (κ1) is 18.6. The van der Waals surface area contributed by atoms with Gasteiger partial charge in [0.25, 0.3) is 0 Å². The Morgan fingerprint density at radius 2 is 1.74 bits per heavy atom. The zero-order valence-corrected chi connectivity index (χ0v) is 17.0. The van der Waals surface area contributed by atoms with Crippen molar-refractivity contribution in [2.75, 3.05) is 55.8 Å². The van der Waals surface area contributed by atoms with E-state index in [9.17, 15) is 0 Å². The SMILES string of the molecule is CC(C)(C)c1csc(C2CN(c3cc(N4CCOCC4)ncn3)CCO2)n1. The Kier molecular flexibility index (Phi) is 5.29. The van der Waals surface area contributed by atoms with E-state index >= 15 is 0 Å². The van der Waals surface area contributed by atoms with Crippen molar-refractivity contribution in [2.24, 2.45) is 0 Å². The van der Waals surface area contributed by atoms with E-state index in [0.717, 1.165) is 61.7 Å². The van der Waals surface area contributed by atoms with Gasteiger partial charge in [0.2, 0.25) is 0 Å². The standard InChI is InChI=1S/C19H27N5O2S/c1-19(2,3)15-12-27-18(22-15)14-11-24(6-9-26-14)17-10-16(20-13-21-17)23-4-7-25-8-5-23/h10,12-14H,4-9,11H2,1-3H3. The number of nitrogens with zero attached hydrogens (tertiary/aromatic N) is 5. The van der Waals surface area contributed by atoms with Crippen LogP contribution in [-0.4, -0.2) is 61.0 Å². The summed E-state index contributed by atoms with van der Waals surface area (Å²) in [6, 6.07) is 2.08. The maximum absolute atomic E-state index is 6.02. The van der Waals surface area contributed by atoms with Gasteiger partial charge in [-0.2, -0.15) is 0 Å². The van der Waals surface area contributed by atoms with Crippen LogP contribution in [-0.2, 0) is 14.9 Å². The van der Waals surface area contributed by atoms with Gasteiger partial charge in [-0.3, -0.25) is 0 Å². The number of morpholine rings is 2. The first-order valence-corrected chi connectivity index (χ1v) is 10.4. The zero-order valence-electron chi connectivity index (χ0n) is 16.2. The van der Waals surface area contributed by atoms with Crippen molar-refractivity contribution in [3.05, 3.63) is 28.5 Å². The number of anilines is 2. The molecule has 2 aliphatic heterocycles. The summed E-state index contributed by atoms with van der Waals surface area (Å²) < 4.78 is 11.5. The van der Waals surface area contributed by atoms with Crippen molar-refractivity contribution in [3.63, 3.8) is 0 Å². The topological polar surface area (TPSA) is 63.6 Å². The van der Waals surface area contributed by atoms with Crippen LogP contribution in [0.1, 0.15) is 37.6 Å². The number of rotatable bonds is 3. The smallest absolute Gasteiger partial charge is 0.134 e. The number of thiazole rings is 1. The lowest BCUT2D eigenvalue weighted by atomic mass is 9.93. The van der Waals surface area contributed by atoms with Gasteiger partial charge in [0, 0.05) is 36.5 Å². The summed E-state index contributed by atoms with van der Waals surface area (Å²) >= 11 is 1.69. The molecule has 0 amide bonds. The van der Waals surface area contributed by atoms with E-state index in [-0.39, 0.29) is 11.5 Å². The molecular weight excluding hydrogens is 362 g/mol. The predicted octanol–water partition coefficient (Wildman–Crippen LogP) is 2.65. The lowest BCUT2D eigenvalue weighted by Gasteiger charge is -2.34. The second-order valence-corrected chi connectivity index (χ2v) is 8.85. The number of hydrogen-bond acceptors (Lipinski definition) is 8. The highest BCUT2D eigenvalue weighted by molar-refractivity contribution is 7.09. The van der Waals surface area contributed by atoms with Gasteiger partial charge in [-0.25, -0.2) is 15.0 Å². The fourth-order valence-electron chi connectivity index (χ4n) is 3.26. The lowest BCUT2D eigenvalue weighted by Crippen LogP contribution is -2.40. The second kappa shape index (κ2) is 7.69. The Labute approximate surface area is 164 Å². The van der Waals surface area contributed by atoms with Crippen molar-refractivity contribution < 1.29 is 9.47 Å². The molecule has 0 spiro atoms. The highest BCUT2D eigenvalue weighted by Crippen LogP contribution is 2.31. The van der Waals surface area contributed by atoms with Gasteiger partial charge in [-0.05, 0) is 0 Å². The van der Waals surface area contributed by atoms with E-state index in [1.165, 1.54) is 0 Å². The minimum Gasteiger partial charge on any atom is -0.378 e. The third-order valence-corrected chi connectivity index (χ3v) is 5.87. The third-order valence-electron chi connectivity index (χ3n) is 4.93. The molecule has 0 radical (unpaired) electrons. The van der Waals surface area contributed by atoms with Gasteiger partial charge in [0.1, 0.15) is 29.1 Å². The third kappa shape index (κ3) is 4.23. The minimum absolute atomic E-state index is 0.0124. The maximum Gasteiger partial charge on any atom is 0.134 e. The van der Waals surface area contributed by atoms with Gasteiger partial charge < -0.3 is 19.3 Å². The summed E-state index contributed by atoms with van der Waals surface area (Å²) in [4.78, 5) is 18.3. The number of ether oxygens (including phenoxy) is 2. The summed E-state index contributed by atoms with van der Waals surface area (Å²) in [6.07, 6.45) is 1.65. The Balaban J connectivity index is 1.49. The highest BCUT2D eigenvalue weighted by atomic mass is 32.1. The molecule has 27 heavy (non-hydrogen) atoms. The van der Waals surface area contributed by atoms with Crippen LogP contribution >= 0.6 is 11.3 Å². The van der Waals surface area contributed by atoms with E-state index < -0.39 is 0 Å². The van der Waals surface area contributed by atoms with Crippen LogP contribution in [0.3, 0.4) is 0 Å². The van der Waals surface area contributed by atoms with E-state index in [0.29, 0.717) is 6.61 Å². The molecule has 4 rings (SSSR count). The largest absolute Gasteiger partial charge is 0.378 e.